The van der Waals surface area contributed by atoms with Gasteiger partial charge in [0.1, 0.15) is 24.8 Å². The molecule has 2 N–H and O–H groups in total. The van der Waals surface area contributed by atoms with Crippen molar-refractivity contribution in [3.05, 3.63) is 41.7 Å². The molecule has 1 heterocycles. The molecule has 0 unspecified atom stereocenters. The van der Waals surface area contributed by atoms with E-state index in [0.717, 1.165) is 5.56 Å². The Hall–Kier alpha value is -2.43. The molecule has 104 valence electrons. The van der Waals surface area contributed by atoms with Crippen LogP contribution in [0.4, 0.5) is 10.1 Å². The van der Waals surface area contributed by atoms with Gasteiger partial charge in [0.05, 0.1) is 5.69 Å². The van der Waals surface area contributed by atoms with Crippen molar-refractivity contribution in [2.45, 2.75) is 6.92 Å². The Morgan fingerprint density at radius 1 is 1.05 bits per heavy atom. The third-order valence-corrected chi connectivity index (χ3v) is 3.04. The smallest absolute Gasteiger partial charge is 0.165 e. The highest BCUT2D eigenvalue weighted by Crippen LogP contribution is 2.40. The molecule has 0 spiro atoms. The zero-order valence-corrected chi connectivity index (χ0v) is 11.0. The van der Waals surface area contributed by atoms with Gasteiger partial charge in [-0.1, -0.05) is 6.07 Å². The van der Waals surface area contributed by atoms with Gasteiger partial charge in [-0.25, -0.2) is 4.39 Å². The quantitative estimate of drug-likeness (QED) is 0.854. The summed E-state index contributed by atoms with van der Waals surface area (Å²) in [6.07, 6.45) is 0. The topological polar surface area (TPSA) is 53.7 Å². The first kappa shape index (κ1) is 12.6. The molecule has 2 aromatic carbocycles. The zero-order chi connectivity index (χ0) is 14.1. The number of anilines is 1. The molecule has 0 saturated carbocycles. The summed E-state index contributed by atoms with van der Waals surface area (Å²) in [7, 11) is 0. The van der Waals surface area contributed by atoms with Crippen molar-refractivity contribution in [1.29, 1.82) is 0 Å². The van der Waals surface area contributed by atoms with E-state index in [4.69, 9.17) is 19.9 Å². The molecule has 20 heavy (non-hydrogen) atoms. The van der Waals surface area contributed by atoms with Gasteiger partial charge >= 0.3 is 0 Å². The van der Waals surface area contributed by atoms with Crippen molar-refractivity contribution in [2.24, 2.45) is 0 Å². The molecule has 0 atom stereocenters. The number of aryl methyl sites for hydroxylation is 1. The van der Waals surface area contributed by atoms with E-state index in [2.05, 4.69) is 0 Å². The SMILES string of the molecule is Cc1ccc(F)cc1Oc1cc2c(cc1N)OCCO2. The third-order valence-electron chi connectivity index (χ3n) is 3.04. The number of nitrogens with two attached hydrogens (primary N) is 1. The maximum Gasteiger partial charge on any atom is 0.165 e. The van der Waals surface area contributed by atoms with Crippen molar-refractivity contribution < 1.29 is 18.6 Å². The Morgan fingerprint density at radius 3 is 2.50 bits per heavy atom. The summed E-state index contributed by atoms with van der Waals surface area (Å²) < 4.78 is 29.9. The summed E-state index contributed by atoms with van der Waals surface area (Å²) in [6, 6.07) is 7.67. The normalized spacial score (nSPS) is 13.1. The van der Waals surface area contributed by atoms with Gasteiger partial charge in [0.15, 0.2) is 17.2 Å². The van der Waals surface area contributed by atoms with E-state index in [9.17, 15) is 4.39 Å². The van der Waals surface area contributed by atoms with Gasteiger partial charge in [-0.2, -0.15) is 0 Å². The largest absolute Gasteiger partial charge is 0.486 e. The first-order valence-electron chi connectivity index (χ1n) is 6.26. The van der Waals surface area contributed by atoms with Crippen molar-refractivity contribution in [2.75, 3.05) is 18.9 Å². The van der Waals surface area contributed by atoms with Crippen LogP contribution in [0.1, 0.15) is 5.56 Å². The third kappa shape index (κ3) is 2.34. The van der Waals surface area contributed by atoms with Crippen LogP contribution in [0.15, 0.2) is 30.3 Å². The fourth-order valence-electron chi connectivity index (χ4n) is 1.98. The number of nitrogen functional groups attached to an aromatic ring is 1. The van der Waals surface area contributed by atoms with Gasteiger partial charge < -0.3 is 19.9 Å². The minimum Gasteiger partial charge on any atom is -0.486 e. The summed E-state index contributed by atoms with van der Waals surface area (Å²) in [4.78, 5) is 0. The molecule has 0 saturated heterocycles. The van der Waals surface area contributed by atoms with Crippen molar-refractivity contribution >= 4 is 5.69 Å². The first-order chi connectivity index (χ1) is 9.63. The molecule has 2 aromatic rings. The molecule has 0 amide bonds. The van der Waals surface area contributed by atoms with E-state index in [1.54, 1.807) is 18.2 Å². The summed E-state index contributed by atoms with van der Waals surface area (Å²) in [5.74, 6) is 1.66. The highest BCUT2D eigenvalue weighted by molar-refractivity contribution is 5.63. The minimum atomic E-state index is -0.360. The fourth-order valence-corrected chi connectivity index (χ4v) is 1.98. The van der Waals surface area contributed by atoms with E-state index in [1.807, 2.05) is 6.92 Å². The van der Waals surface area contributed by atoms with Gasteiger partial charge in [0, 0.05) is 18.2 Å². The van der Waals surface area contributed by atoms with E-state index in [1.165, 1.54) is 12.1 Å². The summed E-state index contributed by atoms with van der Waals surface area (Å²) in [5.41, 5.74) is 7.16. The Bertz CT molecular complexity index is 658. The Labute approximate surface area is 115 Å². The van der Waals surface area contributed by atoms with Crippen LogP contribution in [0.3, 0.4) is 0 Å². The second kappa shape index (κ2) is 4.92. The molecule has 3 rings (SSSR count). The first-order valence-corrected chi connectivity index (χ1v) is 6.26. The number of ether oxygens (including phenoxy) is 3. The van der Waals surface area contributed by atoms with Crippen LogP contribution in [0, 0.1) is 12.7 Å². The Morgan fingerprint density at radius 2 is 1.75 bits per heavy atom. The highest BCUT2D eigenvalue weighted by atomic mass is 19.1. The second-order valence-electron chi connectivity index (χ2n) is 4.55. The molecule has 4 nitrogen and oxygen atoms in total. The molecule has 0 bridgehead atoms. The van der Waals surface area contributed by atoms with Gasteiger partial charge in [0.2, 0.25) is 0 Å². The maximum absolute atomic E-state index is 13.3. The molecule has 1 aliphatic heterocycles. The van der Waals surface area contributed by atoms with Gasteiger partial charge in [-0.3, -0.25) is 0 Å². The zero-order valence-electron chi connectivity index (χ0n) is 11.0. The molecule has 0 aromatic heterocycles. The van der Waals surface area contributed by atoms with E-state index >= 15 is 0 Å². The molecule has 0 radical (unpaired) electrons. The number of hydrogen-bond acceptors (Lipinski definition) is 4. The lowest BCUT2D eigenvalue weighted by Crippen LogP contribution is -2.15. The maximum atomic E-state index is 13.3. The van der Waals surface area contributed by atoms with Crippen LogP contribution in [0.2, 0.25) is 0 Å². The van der Waals surface area contributed by atoms with Crippen LogP contribution in [-0.2, 0) is 0 Å². The van der Waals surface area contributed by atoms with E-state index in [-0.39, 0.29) is 5.82 Å². The number of fused-ring (bicyclic) bond motifs is 1. The minimum absolute atomic E-state index is 0.360. The predicted octanol–water partition coefficient (Wildman–Crippen LogP) is 3.28. The molecule has 0 aliphatic carbocycles. The van der Waals surface area contributed by atoms with E-state index < -0.39 is 0 Å². The van der Waals surface area contributed by atoms with Gasteiger partial charge in [-0.15, -0.1) is 0 Å². The van der Waals surface area contributed by atoms with Crippen molar-refractivity contribution in [3.63, 3.8) is 0 Å². The highest BCUT2D eigenvalue weighted by Gasteiger charge is 2.16. The van der Waals surface area contributed by atoms with Crippen LogP contribution in [0.25, 0.3) is 0 Å². The van der Waals surface area contributed by atoms with Crippen LogP contribution >= 0.6 is 0 Å². The van der Waals surface area contributed by atoms with Gasteiger partial charge in [0.25, 0.3) is 0 Å². The monoisotopic (exact) mass is 275 g/mol. The second-order valence-corrected chi connectivity index (χ2v) is 4.55. The molecular formula is C15H14FNO3. The fraction of sp³-hybridized carbons (Fsp3) is 0.200. The molecule has 1 aliphatic rings. The Balaban J connectivity index is 1.96. The molecular weight excluding hydrogens is 261 g/mol. The average molecular weight is 275 g/mol. The summed E-state index contributed by atoms with van der Waals surface area (Å²) in [6.45, 7) is 2.81. The average Bonchev–Trinajstić information content (AvgIpc) is 2.43. The van der Waals surface area contributed by atoms with Crippen molar-refractivity contribution in [1.82, 2.24) is 0 Å². The number of benzene rings is 2. The van der Waals surface area contributed by atoms with Crippen molar-refractivity contribution in [3.8, 4) is 23.0 Å². The molecule has 0 fully saturated rings. The van der Waals surface area contributed by atoms with Crippen LogP contribution in [0.5, 0.6) is 23.0 Å². The molecule has 5 heteroatoms. The van der Waals surface area contributed by atoms with E-state index in [0.29, 0.717) is 41.9 Å². The van der Waals surface area contributed by atoms with Gasteiger partial charge in [-0.05, 0) is 18.6 Å². The summed E-state index contributed by atoms with van der Waals surface area (Å²) >= 11 is 0. The predicted molar refractivity (Wildman–Crippen MR) is 73.1 cm³/mol. The van der Waals surface area contributed by atoms with Crippen LogP contribution in [-0.4, -0.2) is 13.2 Å². The van der Waals surface area contributed by atoms with Crippen LogP contribution < -0.4 is 19.9 Å². The summed E-state index contributed by atoms with van der Waals surface area (Å²) in [5, 5.41) is 0. The Kier molecular flexibility index (Phi) is 3.10. The standard InChI is InChI=1S/C15H14FNO3/c1-9-2-3-10(16)6-12(9)20-13-8-15-14(7-11(13)17)18-4-5-19-15/h2-3,6-8H,4-5,17H2,1H3. The lowest BCUT2D eigenvalue weighted by molar-refractivity contribution is 0.171. The number of hydrogen-bond donors (Lipinski definition) is 1. The lowest BCUT2D eigenvalue weighted by atomic mass is 10.2. The number of rotatable bonds is 2. The number of halogens is 1. The lowest BCUT2D eigenvalue weighted by Gasteiger charge is -2.20.